The van der Waals surface area contributed by atoms with Crippen LogP contribution in [-0.2, 0) is 19.2 Å². The van der Waals surface area contributed by atoms with Crippen molar-refractivity contribution in [2.75, 3.05) is 13.2 Å². The largest absolute Gasteiger partial charge is 0.481 e. The summed E-state index contributed by atoms with van der Waals surface area (Å²) in [6, 6.07) is -4.56. The number of hydrogen-bond acceptors (Lipinski definition) is 7. The van der Waals surface area contributed by atoms with E-state index in [2.05, 4.69) is 0 Å². The van der Waals surface area contributed by atoms with E-state index in [4.69, 9.17) is 26.2 Å². The van der Waals surface area contributed by atoms with Gasteiger partial charge in [-0.25, -0.2) is 4.79 Å². The number of carboxylic acid groups (broad SMARTS) is 2. The van der Waals surface area contributed by atoms with Gasteiger partial charge in [0.25, 0.3) is 0 Å². The fourth-order valence-corrected chi connectivity index (χ4v) is 1.20. The molecule has 0 saturated heterocycles. The summed E-state index contributed by atoms with van der Waals surface area (Å²) in [5, 5.41) is 38.8. The van der Waals surface area contributed by atoms with Gasteiger partial charge in [-0.05, 0) is 0 Å². The topological polar surface area (TPSA) is 199 Å². The molecule has 120 valence electrons. The number of aliphatic carboxylic acids is 2. The fraction of sp³-hybridized carbons (Fsp3) is 0.600. The molecule has 0 radical (unpaired) electrons. The van der Waals surface area contributed by atoms with E-state index >= 15 is 0 Å². The van der Waals surface area contributed by atoms with Crippen LogP contribution in [0.1, 0.15) is 6.42 Å². The molecular weight excluding hydrogens is 290 g/mol. The van der Waals surface area contributed by atoms with Crippen LogP contribution in [0.2, 0.25) is 0 Å². The van der Waals surface area contributed by atoms with Crippen LogP contribution in [0.3, 0.4) is 0 Å². The Bertz CT molecular complexity index is 413. The number of carbonyl (C=O) groups is 4. The predicted molar refractivity (Wildman–Crippen MR) is 65.9 cm³/mol. The van der Waals surface area contributed by atoms with Gasteiger partial charge >= 0.3 is 11.9 Å². The molecule has 2 amide bonds. The van der Waals surface area contributed by atoms with Crippen molar-refractivity contribution in [2.45, 2.75) is 24.5 Å². The highest BCUT2D eigenvalue weighted by Gasteiger charge is 2.28. The molecule has 0 heterocycles. The van der Waals surface area contributed by atoms with Gasteiger partial charge in [-0.2, -0.15) is 0 Å². The summed E-state index contributed by atoms with van der Waals surface area (Å²) in [4.78, 5) is 44.3. The number of hydrogen-bond donors (Lipinski definition) is 7. The van der Waals surface area contributed by atoms with Crippen LogP contribution in [0, 0.1) is 0 Å². The average Bonchev–Trinajstić information content (AvgIpc) is 2.41. The molecule has 0 aliphatic heterocycles. The summed E-state index contributed by atoms with van der Waals surface area (Å²) in [5.41, 5.74) is 5.19. The molecule has 0 aromatic heterocycles. The van der Waals surface area contributed by atoms with Gasteiger partial charge in [0.1, 0.15) is 18.1 Å². The molecule has 0 aromatic rings. The molecule has 0 aromatic carbocycles. The Morgan fingerprint density at radius 1 is 0.905 bits per heavy atom. The summed E-state index contributed by atoms with van der Waals surface area (Å²) < 4.78 is 0. The van der Waals surface area contributed by atoms with E-state index in [1.807, 2.05) is 10.6 Å². The van der Waals surface area contributed by atoms with E-state index in [0.717, 1.165) is 0 Å². The molecule has 0 aliphatic carbocycles. The molecular formula is C10H17N3O8. The SMILES string of the molecule is NC(CO)C(=O)NC(CO)C(=O)NC(CC(=O)O)C(=O)O. The van der Waals surface area contributed by atoms with Gasteiger partial charge in [-0.1, -0.05) is 0 Å². The second-order valence-electron chi connectivity index (χ2n) is 4.03. The maximum Gasteiger partial charge on any atom is 0.326 e. The Balaban J connectivity index is 4.73. The lowest BCUT2D eigenvalue weighted by molar-refractivity contribution is -0.147. The number of amides is 2. The maximum absolute atomic E-state index is 11.7. The molecule has 11 heteroatoms. The van der Waals surface area contributed by atoms with Gasteiger partial charge in [0.2, 0.25) is 11.8 Å². The standard InChI is InChI=1S/C10H17N3O8/c11-4(2-14)8(18)13-6(3-15)9(19)12-5(10(20)21)1-7(16)17/h4-6,14-15H,1-3,11H2,(H,12,19)(H,13,18)(H,16,17)(H,20,21). The fourth-order valence-electron chi connectivity index (χ4n) is 1.20. The summed E-state index contributed by atoms with van der Waals surface area (Å²) in [7, 11) is 0. The Hall–Kier alpha value is -2.24. The number of nitrogens with two attached hydrogens (primary N) is 1. The Morgan fingerprint density at radius 3 is 1.81 bits per heavy atom. The zero-order chi connectivity index (χ0) is 16.6. The van der Waals surface area contributed by atoms with Crippen LogP contribution in [-0.4, -0.2) is 75.5 Å². The van der Waals surface area contributed by atoms with Crippen molar-refractivity contribution in [1.82, 2.24) is 10.6 Å². The van der Waals surface area contributed by atoms with Crippen LogP contribution in [0.25, 0.3) is 0 Å². The third kappa shape index (κ3) is 6.65. The molecule has 8 N–H and O–H groups in total. The van der Waals surface area contributed by atoms with Gasteiger partial charge < -0.3 is 36.8 Å². The number of aliphatic hydroxyl groups excluding tert-OH is 2. The molecule has 3 atom stereocenters. The Morgan fingerprint density at radius 2 is 1.43 bits per heavy atom. The van der Waals surface area contributed by atoms with Crippen molar-refractivity contribution < 1.29 is 39.6 Å². The van der Waals surface area contributed by atoms with Gasteiger partial charge in [-0.15, -0.1) is 0 Å². The minimum atomic E-state index is -1.72. The molecule has 21 heavy (non-hydrogen) atoms. The van der Waals surface area contributed by atoms with Gasteiger partial charge in [0.15, 0.2) is 0 Å². The highest BCUT2D eigenvalue weighted by molar-refractivity contribution is 5.92. The zero-order valence-corrected chi connectivity index (χ0v) is 10.9. The minimum absolute atomic E-state index is 0.692. The molecule has 0 bridgehead atoms. The number of carboxylic acids is 2. The van der Waals surface area contributed by atoms with E-state index in [1.165, 1.54) is 0 Å². The average molecular weight is 307 g/mol. The van der Waals surface area contributed by atoms with Gasteiger partial charge in [-0.3, -0.25) is 14.4 Å². The van der Waals surface area contributed by atoms with Gasteiger partial charge in [0, 0.05) is 0 Å². The lowest BCUT2D eigenvalue weighted by atomic mass is 10.1. The first-order valence-electron chi connectivity index (χ1n) is 5.75. The van der Waals surface area contributed by atoms with E-state index in [1.54, 1.807) is 0 Å². The van der Waals surface area contributed by atoms with Crippen LogP contribution in [0.5, 0.6) is 0 Å². The van der Waals surface area contributed by atoms with Gasteiger partial charge in [0.05, 0.1) is 19.6 Å². The number of rotatable bonds is 9. The number of nitrogens with one attached hydrogen (secondary N) is 2. The lowest BCUT2D eigenvalue weighted by Crippen LogP contribution is -2.56. The molecule has 0 rings (SSSR count). The van der Waals surface area contributed by atoms with Crippen molar-refractivity contribution in [1.29, 1.82) is 0 Å². The third-order valence-corrected chi connectivity index (χ3v) is 2.34. The maximum atomic E-state index is 11.7. The van der Waals surface area contributed by atoms with E-state index in [-0.39, 0.29) is 0 Å². The summed E-state index contributed by atoms with van der Waals surface area (Å²) >= 11 is 0. The smallest absolute Gasteiger partial charge is 0.326 e. The molecule has 11 nitrogen and oxygen atoms in total. The monoisotopic (exact) mass is 307 g/mol. The second-order valence-corrected chi connectivity index (χ2v) is 4.03. The number of carbonyl (C=O) groups excluding carboxylic acids is 2. The number of aliphatic hydroxyl groups is 2. The first-order chi connectivity index (χ1) is 9.72. The van der Waals surface area contributed by atoms with Crippen molar-refractivity contribution in [3.63, 3.8) is 0 Å². The molecule has 0 fully saturated rings. The quantitative estimate of drug-likeness (QED) is 0.221. The van der Waals surface area contributed by atoms with E-state index < -0.39 is 61.5 Å². The van der Waals surface area contributed by atoms with E-state index in [0.29, 0.717) is 0 Å². The first-order valence-corrected chi connectivity index (χ1v) is 5.75. The summed E-state index contributed by atoms with van der Waals surface area (Å²) in [6.07, 6.45) is -0.872. The Kier molecular flexibility index (Phi) is 7.89. The summed E-state index contributed by atoms with van der Waals surface area (Å²) in [6.45, 7) is -1.56. The van der Waals surface area contributed by atoms with Crippen LogP contribution in [0.15, 0.2) is 0 Å². The highest BCUT2D eigenvalue weighted by atomic mass is 16.4. The normalized spacial score (nSPS) is 14.6. The zero-order valence-electron chi connectivity index (χ0n) is 10.9. The van der Waals surface area contributed by atoms with Crippen LogP contribution >= 0.6 is 0 Å². The lowest BCUT2D eigenvalue weighted by Gasteiger charge is -2.20. The van der Waals surface area contributed by atoms with Crippen molar-refractivity contribution in [3.05, 3.63) is 0 Å². The molecule has 3 unspecified atom stereocenters. The molecule has 0 saturated carbocycles. The van der Waals surface area contributed by atoms with Crippen molar-refractivity contribution in [2.24, 2.45) is 5.73 Å². The molecule has 0 aliphatic rings. The predicted octanol–water partition coefficient (Wildman–Crippen LogP) is -4.17. The van der Waals surface area contributed by atoms with E-state index in [9.17, 15) is 19.2 Å². The van der Waals surface area contributed by atoms with Crippen molar-refractivity contribution >= 4 is 23.8 Å². The highest BCUT2D eigenvalue weighted by Crippen LogP contribution is 1.95. The van der Waals surface area contributed by atoms with Crippen LogP contribution in [0.4, 0.5) is 0 Å². The van der Waals surface area contributed by atoms with Crippen LogP contribution < -0.4 is 16.4 Å². The molecule has 0 spiro atoms. The summed E-state index contributed by atoms with van der Waals surface area (Å²) in [5.74, 6) is -5.06. The van der Waals surface area contributed by atoms with Crippen molar-refractivity contribution in [3.8, 4) is 0 Å². The third-order valence-electron chi connectivity index (χ3n) is 2.34. The second kappa shape index (κ2) is 8.84. The first kappa shape index (κ1) is 18.8. The minimum Gasteiger partial charge on any atom is -0.481 e. The Labute approximate surface area is 118 Å².